The van der Waals surface area contributed by atoms with Crippen LogP contribution in [0.1, 0.15) is 59.4 Å². The summed E-state index contributed by atoms with van der Waals surface area (Å²) in [6.45, 7) is 10.8. The van der Waals surface area contributed by atoms with Gasteiger partial charge in [-0.15, -0.1) is 0 Å². The molecule has 0 amide bonds. The van der Waals surface area contributed by atoms with Crippen molar-refractivity contribution in [3.63, 3.8) is 0 Å². The average molecular weight is 445 g/mol. The van der Waals surface area contributed by atoms with Crippen LogP contribution in [0.4, 0.5) is 4.39 Å². The van der Waals surface area contributed by atoms with Crippen molar-refractivity contribution in [2.24, 2.45) is 0 Å². The minimum atomic E-state index is -0.180. The van der Waals surface area contributed by atoms with Gasteiger partial charge in [0.2, 0.25) is 0 Å². The smallest absolute Gasteiger partial charge is 0.159 e. The maximum absolute atomic E-state index is 13.7. The molecule has 3 nitrogen and oxygen atoms in total. The van der Waals surface area contributed by atoms with Gasteiger partial charge in [-0.3, -0.25) is 14.6 Å². The summed E-state index contributed by atoms with van der Waals surface area (Å²) in [5.41, 5.74) is 5.45. The van der Waals surface area contributed by atoms with Gasteiger partial charge in [0.1, 0.15) is 5.82 Å². The lowest BCUT2D eigenvalue weighted by Gasteiger charge is -2.47. The van der Waals surface area contributed by atoms with E-state index >= 15 is 0 Å². The van der Waals surface area contributed by atoms with Gasteiger partial charge in [0.15, 0.2) is 5.78 Å². The lowest BCUT2D eigenvalue weighted by molar-refractivity contribution is 0.0195. The van der Waals surface area contributed by atoms with Crippen molar-refractivity contribution < 1.29 is 9.18 Å². The van der Waals surface area contributed by atoms with Crippen LogP contribution in [0.25, 0.3) is 0 Å². The van der Waals surface area contributed by atoms with Crippen LogP contribution in [0.2, 0.25) is 0 Å². The van der Waals surface area contributed by atoms with Gasteiger partial charge < -0.3 is 0 Å². The van der Waals surface area contributed by atoms with Gasteiger partial charge in [-0.25, -0.2) is 4.39 Å². The number of piperazine rings is 1. The Morgan fingerprint density at radius 3 is 2.33 bits per heavy atom. The summed E-state index contributed by atoms with van der Waals surface area (Å²) >= 11 is 0. The minimum Gasteiger partial charge on any atom is -0.295 e. The lowest BCUT2D eigenvalue weighted by Crippen LogP contribution is -2.56. The van der Waals surface area contributed by atoms with E-state index in [0.717, 1.165) is 30.8 Å². The van der Waals surface area contributed by atoms with Gasteiger partial charge in [0.05, 0.1) is 6.04 Å². The summed E-state index contributed by atoms with van der Waals surface area (Å²) in [4.78, 5) is 16.8. The number of nitrogens with zero attached hydrogens (tertiary/aromatic N) is 2. The van der Waals surface area contributed by atoms with Crippen molar-refractivity contribution in [1.82, 2.24) is 9.80 Å². The molecule has 0 spiro atoms. The molecular weight excluding hydrogens is 411 g/mol. The highest BCUT2D eigenvalue weighted by Crippen LogP contribution is 2.34. The number of carbonyl (C=O) groups excluding carboxylic acids is 1. The zero-order chi connectivity index (χ0) is 23.5. The second kappa shape index (κ2) is 9.98. The summed E-state index contributed by atoms with van der Waals surface area (Å²) in [5.74, 6) is -0.0954. The van der Waals surface area contributed by atoms with E-state index in [0.29, 0.717) is 12.1 Å². The third kappa shape index (κ3) is 5.40. The highest BCUT2D eigenvalue weighted by atomic mass is 19.1. The van der Waals surface area contributed by atoms with Gasteiger partial charge in [-0.05, 0) is 56.5 Å². The molecule has 0 saturated carbocycles. The molecule has 3 aromatic carbocycles. The standard InChI is InChI=1S/C29H33FN2O/c1-20-7-5-9-27(15-20)29(26-13-11-25(12-14-26)23(4)33)32-18-21(2)31(17-22(32)3)19-24-8-6-10-28(30)16-24/h5-16,21-22,29H,17-19H2,1-4H3/t21-,22+,29-/m1/s1. The maximum Gasteiger partial charge on any atom is 0.159 e. The average Bonchev–Trinajstić information content (AvgIpc) is 2.78. The van der Waals surface area contributed by atoms with Crippen LogP contribution in [0, 0.1) is 12.7 Å². The number of Topliss-reactive ketones (excluding diaryl/α,β-unsaturated/α-hetero) is 1. The van der Waals surface area contributed by atoms with Crippen LogP contribution in [0.15, 0.2) is 72.8 Å². The zero-order valence-corrected chi connectivity index (χ0v) is 20.0. The van der Waals surface area contributed by atoms with Crippen molar-refractivity contribution in [2.45, 2.75) is 52.4 Å². The molecule has 1 aliphatic heterocycles. The maximum atomic E-state index is 13.7. The van der Waals surface area contributed by atoms with E-state index < -0.39 is 0 Å². The molecule has 3 atom stereocenters. The van der Waals surface area contributed by atoms with Crippen LogP contribution in [0.3, 0.4) is 0 Å². The molecule has 1 fully saturated rings. The Balaban J connectivity index is 1.62. The van der Waals surface area contributed by atoms with Crippen molar-refractivity contribution >= 4 is 5.78 Å². The van der Waals surface area contributed by atoms with Crippen LogP contribution in [-0.4, -0.2) is 40.8 Å². The van der Waals surface area contributed by atoms with Crippen LogP contribution in [-0.2, 0) is 6.54 Å². The van der Waals surface area contributed by atoms with E-state index in [2.05, 4.69) is 67.0 Å². The molecule has 0 bridgehead atoms. The van der Waals surface area contributed by atoms with Crippen LogP contribution < -0.4 is 0 Å². The Kier molecular flexibility index (Phi) is 7.06. The summed E-state index contributed by atoms with van der Waals surface area (Å²) in [5, 5.41) is 0. The second-order valence-corrected chi connectivity index (χ2v) is 9.45. The fourth-order valence-electron chi connectivity index (χ4n) is 4.99. The minimum absolute atomic E-state index is 0.0848. The van der Waals surface area contributed by atoms with E-state index in [1.165, 1.54) is 22.8 Å². The first-order valence-electron chi connectivity index (χ1n) is 11.7. The lowest BCUT2D eigenvalue weighted by atomic mass is 9.92. The third-order valence-corrected chi connectivity index (χ3v) is 6.76. The molecule has 0 N–H and O–H groups in total. The predicted molar refractivity (Wildman–Crippen MR) is 132 cm³/mol. The monoisotopic (exact) mass is 444 g/mol. The van der Waals surface area contributed by atoms with Crippen molar-refractivity contribution in [3.8, 4) is 0 Å². The largest absolute Gasteiger partial charge is 0.295 e. The van der Waals surface area contributed by atoms with Crippen LogP contribution >= 0.6 is 0 Å². The summed E-state index contributed by atoms with van der Waals surface area (Å²) in [7, 11) is 0. The molecule has 0 aromatic heterocycles. The van der Waals surface area contributed by atoms with E-state index in [1.807, 2.05) is 18.2 Å². The third-order valence-electron chi connectivity index (χ3n) is 6.76. The molecular formula is C29H33FN2O. The second-order valence-electron chi connectivity index (χ2n) is 9.45. The molecule has 1 heterocycles. The van der Waals surface area contributed by atoms with Gasteiger partial charge in [-0.1, -0.05) is 66.2 Å². The quantitative estimate of drug-likeness (QED) is 0.434. The Morgan fingerprint density at radius 2 is 1.67 bits per heavy atom. The van der Waals surface area contributed by atoms with Gasteiger partial charge in [0.25, 0.3) is 0 Å². The van der Waals surface area contributed by atoms with Crippen LogP contribution in [0.5, 0.6) is 0 Å². The fourth-order valence-corrected chi connectivity index (χ4v) is 4.99. The molecule has 0 unspecified atom stereocenters. The molecule has 33 heavy (non-hydrogen) atoms. The Hall–Kier alpha value is -2.82. The van der Waals surface area contributed by atoms with E-state index in [1.54, 1.807) is 19.1 Å². The Labute approximate surface area is 196 Å². The summed E-state index contributed by atoms with van der Waals surface area (Å²) in [6.07, 6.45) is 0. The van der Waals surface area contributed by atoms with E-state index in [-0.39, 0.29) is 17.6 Å². The first-order valence-corrected chi connectivity index (χ1v) is 11.7. The number of hydrogen-bond donors (Lipinski definition) is 0. The summed E-state index contributed by atoms with van der Waals surface area (Å²) < 4.78 is 13.7. The van der Waals surface area contributed by atoms with Crippen molar-refractivity contribution in [2.75, 3.05) is 13.1 Å². The summed E-state index contributed by atoms with van der Waals surface area (Å²) in [6, 6.07) is 24.5. The SMILES string of the molecule is CC(=O)c1ccc([C@H](c2cccc(C)c2)N2C[C@@H](C)N(Cc3cccc(F)c3)C[C@@H]2C)cc1. The molecule has 4 rings (SSSR count). The van der Waals surface area contributed by atoms with Crippen molar-refractivity contribution in [3.05, 3.63) is 106 Å². The number of benzene rings is 3. The molecule has 3 aromatic rings. The molecule has 172 valence electrons. The van der Waals surface area contributed by atoms with Gasteiger partial charge in [-0.2, -0.15) is 0 Å². The first-order chi connectivity index (χ1) is 15.8. The normalized spacial score (nSPS) is 20.5. The Morgan fingerprint density at radius 1 is 0.939 bits per heavy atom. The fraction of sp³-hybridized carbons (Fsp3) is 0.345. The van der Waals surface area contributed by atoms with E-state index in [9.17, 15) is 9.18 Å². The predicted octanol–water partition coefficient (Wildman–Crippen LogP) is 6.02. The number of hydrogen-bond acceptors (Lipinski definition) is 3. The number of halogens is 1. The number of rotatable bonds is 6. The van der Waals surface area contributed by atoms with Crippen molar-refractivity contribution in [1.29, 1.82) is 0 Å². The number of ketones is 1. The van der Waals surface area contributed by atoms with Gasteiger partial charge in [0, 0.05) is 37.3 Å². The first kappa shape index (κ1) is 23.3. The topological polar surface area (TPSA) is 23.6 Å². The highest BCUT2D eigenvalue weighted by Gasteiger charge is 2.34. The zero-order valence-electron chi connectivity index (χ0n) is 20.0. The number of carbonyl (C=O) groups is 1. The molecule has 0 radical (unpaired) electrons. The molecule has 1 aliphatic rings. The van der Waals surface area contributed by atoms with Gasteiger partial charge >= 0.3 is 0 Å². The molecule has 4 heteroatoms. The Bertz CT molecular complexity index is 1110. The molecule has 1 saturated heterocycles. The van der Waals surface area contributed by atoms with E-state index in [4.69, 9.17) is 0 Å². The number of aryl methyl sites for hydroxylation is 1. The molecule has 0 aliphatic carbocycles. The highest BCUT2D eigenvalue weighted by molar-refractivity contribution is 5.94.